The molecule has 0 aromatic heterocycles. The predicted octanol–water partition coefficient (Wildman–Crippen LogP) is 7.08. The lowest BCUT2D eigenvalue weighted by Crippen LogP contribution is -2.51. The summed E-state index contributed by atoms with van der Waals surface area (Å²) in [5, 5.41) is 2.76. The Bertz CT molecular complexity index is 748. The molecule has 3 N–H and O–H groups in total. The van der Waals surface area contributed by atoms with Gasteiger partial charge in [0.15, 0.2) is 0 Å². The van der Waals surface area contributed by atoms with E-state index in [-0.39, 0.29) is 12.2 Å². The molecule has 194 valence electrons. The van der Waals surface area contributed by atoms with E-state index in [1.165, 1.54) is 51.4 Å². The second kappa shape index (κ2) is 10.5. The third kappa shape index (κ3) is 4.95. The molecule has 3 fully saturated rings. The van der Waals surface area contributed by atoms with Gasteiger partial charge in [-0.15, -0.1) is 0 Å². The maximum atomic E-state index is 12.1. The lowest BCUT2D eigenvalue weighted by atomic mass is 9.47. The number of nitrogens with two attached hydrogens (primary N) is 1. The van der Waals surface area contributed by atoms with Crippen molar-refractivity contribution in [2.24, 2.45) is 52.1 Å². The number of hydrogen-bond acceptors (Lipinski definition) is 3. The molecule has 0 heterocycles. The maximum Gasteiger partial charge on any atom is 0.407 e. The zero-order chi connectivity index (χ0) is 24.5. The fourth-order valence-electron chi connectivity index (χ4n) is 9.12. The second-order valence-electron chi connectivity index (χ2n) is 13.3. The Morgan fingerprint density at radius 3 is 2.65 bits per heavy atom. The molecule has 4 aliphatic carbocycles. The molecule has 4 nitrogen and oxygen atoms in total. The average molecular weight is 473 g/mol. The fourth-order valence-corrected chi connectivity index (χ4v) is 9.12. The molecule has 0 aromatic rings. The van der Waals surface area contributed by atoms with Crippen molar-refractivity contribution in [3.63, 3.8) is 0 Å². The van der Waals surface area contributed by atoms with Gasteiger partial charge in [-0.1, -0.05) is 65.5 Å². The Hall–Kier alpha value is -1.03. The van der Waals surface area contributed by atoms with Crippen molar-refractivity contribution in [1.82, 2.24) is 5.32 Å². The number of carbonyl (C=O) groups excluding carboxylic acids is 1. The lowest BCUT2D eigenvalue weighted by molar-refractivity contribution is -0.0581. The molecule has 0 saturated heterocycles. The van der Waals surface area contributed by atoms with E-state index in [0.717, 1.165) is 54.8 Å². The van der Waals surface area contributed by atoms with Crippen LogP contribution in [0.15, 0.2) is 11.6 Å². The Balaban J connectivity index is 1.41. The zero-order valence-electron chi connectivity index (χ0n) is 22.7. The molecular formula is C30H52N2O2. The fraction of sp³-hybridized carbons (Fsp3) is 0.900. The van der Waals surface area contributed by atoms with Crippen LogP contribution < -0.4 is 11.1 Å². The van der Waals surface area contributed by atoms with Gasteiger partial charge in [0.2, 0.25) is 0 Å². The maximum absolute atomic E-state index is 12.1. The minimum atomic E-state index is -0.304. The highest BCUT2D eigenvalue weighted by molar-refractivity contribution is 5.67. The molecule has 1 amide bonds. The number of hydrogen-bond donors (Lipinski definition) is 2. The van der Waals surface area contributed by atoms with E-state index < -0.39 is 0 Å². The number of nitrogens with one attached hydrogen (secondary N) is 1. The minimum absolute atomic E-state index is 0.0186. The first kappa shape index (κ1) is 26.0. The van der Waals surface area contributed by atoms with E-state index in [1.807, 2.05) is 0 Å². The number of allylic oxidation sites excluding steroid dienone is 1. The van der Waals surface area contributed by atoms with Crippen molar-refractivity contribution in [2.75, 3.05) is 13.1 Å². The summed E-state index contributed by atoms with van der Waals surface area (Å²) >= 11 is 0. The molecule has 3 saturated carbocycles. The summed E-state index contributed by atoms with van der Waals surface area (Å²) in [5.74, 6) is 5.18. The largest absolute Gasteiger partial charge is 0.446 e. The van der Waals surface area contributed by atoms with Gasteiger partial charge in [-0.25, -0.2) is 4.79 Å². The molecule has 0 spiro atoms. The third-order valence-electron chi connectivity index (χ3n) is 10.9. The van der Waals surface area contributed by atoms with E-state index in [9.17, 15) is 4.79 Å². The highest BCUT2D eigenvalue weighted by atomic mass is 16.6. The Labute approximate surface area is 209 Å². The smallest absolute Gasteiger partial charge is 0.407 e. The summed E-state index contributed by atoms with van der Waals surface area (Å²) in [5.41, 5.74) is 7.93. The molecule has 34 heavy (non-hydrogen) atoms. The van der Waals surface area contributed by atoms with E-state index in [1.54, 1.807) is 5.57 Å². The van der Waals surface area contributed by atoms with Crippen LogP contribution in [0.5, 0.6) is 0 Å². The highest BCUT2D eigenvalue weighted by Gasteiger charge is 2.59. The average Bonchev–Trinajstić information content (AvgIpc) is 3.15. The highest BCUT2D eigenvalue weighted by Crippen LogP contribution is 2.67. The van der Waals surface area contributed by atoms with Crippen molar-refractivity contribution >= 4 is 6.09 Å². The van der Waals surface area contributed by atoms with Gasteiger partial charge in [0, 0.05) is 19.5 Å². The first-order valence-corrected chi connectivity index (χ1v) is 14.5. The molecule has 4 aliphatic rings. The van der Waals surface area contributed by atoms with Crippen molar-refractivity contribution in [3.05, 3.63) is 11.6 Å². The van der Waals surface area contributed by atoms with Crippen LogP contribution in [0.2, 0.25) is 0 Å². The van der Waals surface area contributed by atoms with Crippen LogP contribution in [-0.4, -0.2) is 25.3 Å². The number of carbonyl (C=O) groups is 1. The van der Waals surface area contributed by atoms with Gasteiger partial charge in [0.05, 0.1) is 0 Å². The number of fused-ring (bicyclic) bond motifs is 5. The summed E-state index contributed by atoms with van der Waals surface area (Å²) in [6.45, 7) is 13.4. The van der Waals surface area contributed by atoms with Crippen LogP contribution >= 0.6 is 0 Å². The molecule has 4 heteroatoms. The topological polar surface area (TPSA) is 64.3 Å². The second-order valence-corrected chi connectivity index (χ2v) is 13.3. The molecule has 0 aromatic carbocycles. The predicted molar refractivity (Wildman–Crippen MR) is 140 cm³/mol. The van der Waals surface area contributed by atoms with Crippen molar-refractivity contribution in [2.45, 2.75) is 111 Å². The normalized spacial score (nSPS) is 40.1. The summed E-state index contributed by atoms with van der Waals surface area (Å²) in [6, 6.07) is 0. The standard InChI is InChI=1S/C30H52N2O2/c1-20(2)7-6-8-21(3)25-11-12-26-24-10-9-22-19-23(34-28(33)32-18-17-31)13-15-29(22,4)27(24)14-16-30(25,26)5/h9,20-21,23-27H,6-8,10-19,31H2,1-5H3,(H,32,33)/t21?,23-,24-,25+,26-,27-,29-,30+/m0/s1. The molecule has 0 aliphatic heterocycles. The Morgan fingerprint density at radius 2 is 1.91 bits per heavy atom. The van der Waals surface area contributed by atoms with Crippen molar-refractivity contribution in [1.29, 1.82) is 0 Å². The molecule has 8 atom stereocenters. The number of ether oxygens (including phenoxy) is 1. The lowest BCUT2D eigenvalue weighted by Gasteiger charge is -2.58. The van der Waals surface area contributed by atoms with Crippen LogP contribution in [-0.2, 0) is 4.74 Å². The van der Waals surface area contributed by atoms with Gasteiger partial charge in [-0.05, 0) is 91.3 Å². The summed E-state index contributed by atoms with van der Waals surface area (Å²) in [7, 11) is 0. The summed E-state index contributed by atoms with van der Waals surface area (Å²) in [6.07, 6.45) is 16.5. The monoisotopic (exact) mass is 472 g/mol. The quantitative estimate of drug-likeness (QED) is 0.371. The molecule has 0 radical (unpaired) electrons. The van der Waals surface area contributed by atoms with E-state index in [4.69, 9.17) is 10.5 Å². The zero-order valence-corrected chi connectivity index (χ0v) is 22.7. The van der Waals surface area contributed by atoms with Gasteiger partial charge in [0.25, 0.3) is 0 Å². The van der Waals surface area contributed by atoms with Crippen molar-refractivity contribution in [3.8, 4) is 0 Å². The number of alkyl carbamates (subject to hydrolysis) is 1. The number of rotatable bonds is 8. The number of amides is 1. The van der Waals surface area contributed by atoms with Gasteiger partial charge in [0.1, 0.15) is 6.10 Å². The molecular weight excluding hydrogens is 420 g/mol. The van der Waals surface area contributed by atoms with Crippen LogP contribution in [0, 0.1) is 46.3 Å². The molecule has 1 unspecified atom stereocenters. The van der Waals surface area contributed by atoms with Crippen LogP contribution in [0.4, 0.5) is 4.79 Å². The van der Waals surface area contributed by atoms with Gasteiger partial charge >= 0.3 is 6.09 Å². The first-order chi connectivity index (χ1) is 16.2. The van der Waals surface area contributed by atoms with Gasteiger partial charge < -0.3 is 15.8 Å². The Morgan fingerprint density at radius 1 is 1.12 bits per heavy atom. The SMILES string of the molecule is CC(C)CCCC(C)[C@H]1CC[C@H]2[C@@H]3CC=C4C[C@@H](OC(=O)NCCN)CC[C@]4(C)[C@H]3CC[C@]12C. The van der Waals surface area contributed by atoms with Crippen LogP contribution in [0.1, 0.15) is 105 Å². The van der Waals surface area contributed by atoms with E-state index in [0.29, 0.717) is 23.9 Å². The van der Waals surface area contributed by atoms with E-state index in [2.05, 4.69) is 46.0 Å². The summed E-state index contributed by atoms with van der Waals surface area (Å²) < 4.78 is 5.75. The molecule has 0 bridgehead atoms. The Kier molecular flexibility index (Phi) is 8.06. The van der Waals surface area contributed by atoms with Gasteiger partial charge in [-0.2, -0.15) is 0 Å². The molecule has 4 rings (SSSR count). The van der Waals surface area contributed by atoms with E-state index >= 15 is 0 Å². The minimum Gasteiger partial charge on any atom is -0.446 e. The first-order valence-electron chi connectivity index (χ1n) is 14.5. The van der Waals surface area contributed by atoms with Crippen LogP contribution in [0.3, 0.4) is 0 Å². The van der Waals surface area contributed by atoms with Crippen LogP contribution in [0.25, 0.3) is 0 Å². The summed E-state index contributed by atoms with van der Waals surface area (Å²) in [4.78, 5) is 12.1. The van der Waals surface area contributed by atoms with Gasteiger partial charge in [-0.3, -0.25) is 0 Å². The third-order valence-corrected chi connectivity index (χ3v) is 10.9. The van der Waals surface area contributed by atoms with Crippen molar-refractivity contribution < 1.29 is 9.53 Å².